The van der Waals surface area contributed by atoms with E-state index in [0.29, 0.717) is 19.7 Å². The Kier molecular flexibility index (Phi) is 7.32. The largest absolute Gasteiger partial charge is 0.495 e. The van der Waals surface area contributed by atoms with Crippen LogP contribution in [0.1, 0.15) is 33.3 Å². The van der Waals surface area contributed by atoms with E-state index in [9.17, 15) is 4.79 Å². The SMILES string of the molecule is CC1(C)OB(c2ccnc(Nc3ccc(N4CCN(C(=O)OCc5ccccc5)CC4)cc3)c2)OC1(C)C. The van der Waals surface area contributed by atoms with Crippen molar-refractivity contribution in [3.63, 3.8) is 0 Å². The van der Waals surface area contributed by atoms with Crippen molar-refractivity contribution >= 4 is 35.9 Å². The maximum absolute atomic E-state index is 12.5. The first kappa shape index (κ1) is 26.1. The molecule has 1 N–H and O–H groups in total. The Morgan fingerprint density at radius 3 is 2.26 bits per heavy atom. The summed E-state index contributed by atoms with van der Waals surface area (Å²) in [6, 6.07) is 21.9. The van der Waals surface area contributed by atoms with Gasteiger partial charge in [-0.3, -0.25) is 0 Å². The molecular formula is C29H35BN4O4. The molecule has 2 aliphatic rings. The number of rotatable bonds is 6. The van der Waals surface area contributed by atoms with Gasteiger partial charge in [-0.1, -0.05) is 30.3 Å². The first-order valence-corrected chi connectivity index (χ1v) is 13.1. The van der Waals surface area contributed by atoms with E-state index in [0.717, 1.165) is 41.3 Å². The number of piperazine rings is 1. The van der Waals surface area contributed by atoms with E-state index in [1.165, 1.54) is 0 Å². The predicted octanol–water partition coefficient (Wildman–Crippen LogP) is 4.58. The number of carbonyl (C=O) groups excluding carboxylic acids is 1. The monoisotopic (exact) mass is 514 g/mol. The molecule has 2 fully saturated rings. The summed E-state index contributed by atoms with van der Waals surface area (Å²) < 4.78 is 17.8. The minimum atomic E-state index is -0.430. The molecule has 38 heavy (non-hydrogen) atoms. The number of anilines is 3. The molecule has 198 valence electrons. The lowest BCUT2D eigenvalue weighted by Gasteiger charge is -2.35. The van der Waals surface area contributed by atoms with Gasteiger partial charge in [-0.05, 0) is 75.1 Å². The Balaban J connectivity index is 1.13. The minimum absolute atomic E-state index is 0.261. The van der Waals surface area contributed by atoms with E-state index in [4.69, 9.17) is 14.0 Å². The highest BCUT2D eigenvalue weighted by Gasteiger charge is 2.51. The van der Waals surface area contributed by atoms with Gasteiger partial charge in [0.15, 0.2) is 0 Å². The van der Waals surface area contributed by atoms with Crippen LogP contribution in [-0.4, -0.2) is 60.5 Å². The average Bonchev–Trinajstić information content (AvgIpc) is 3.15. The lowest BCUT2D eigenvalue weighted by Crippen LogP contribution is -2.48. The zero-order valence-corrected chi connectivity index (χ0v) is 22.5. The summed E-state index contributed by atoms with van der Waals surface area (Å²) in [6.07, 6.45) is 1.50. The zero-order chi connectivity index (χ0) is 26.8. The number of pyridine rings is 1. The number of amides is 1. The third-order valence-electron chi connectivity index (χ3n) is 7.56. The number of hydrogen-bond donors (Lipinski definition) is 1. The van der Waals surface area contributed by atoms with Gasteiger partial charge in [-0.25, -0.2) is 9.78 Å². The van der Waals surface area contributed by atoms with Gasteiger partial charge in [-0.2, -0.15) is 0 Å². The first-order valence-electron chi connectivity index (χ1n) is 13.1. The predicted molar refractivity (Wildman–Crippen MR) is 150 cm³/mol. The molecule has 0 unspecified atom stereocenters. The average molecular weight is 514 g/mol. The van der Waals surface area contributed by atoms with Crippen LogP contribution in [0.25, 0.3) is 0 Å². The Hall–Kier alpha value is -3.56. The molecule has 1 amide bonds. The lowest BCUT2D eigenvalue weighted by atomic mass is 9.80. The summed E-state index contributed by atoms with van der Waals surface area (Å²) in [6.45, 7) is 11.3. The number of hydrogen-bond acceptors (Lipinski definition) is 7. The summed E-state index contributed by atoms with van der Waals surface area (Å²) in [4.78, 5) is 21.0. The molecule has 1 aromatic heterocycles. The van der Waals surface area contributed by atoms with Crippen LogP contribution in [0.4, 0.5) is 22.0 Å². The van der Waals surface area contributed by atoms with Crippen LogP contribution in [-0.2, 0) is 20.7 Å². The number of nitrogens with zero attached hydrogens (tertiary/aromatic N) is 3. The highest BCUT2D eigenvalue weighted by Crippen LogP contribution is 2.36. The molecule has 9 heteroatoms. The van der Waals surface area contributed by atoms with Crippen LogP contribution >= 0.6 is 0 Å². The molecule has 3 heterocycles. The number of ether oxygens (including phenoxy) is 1. The van der Waals surface area contributed by atoms with Crippen LogP contribution in [0.15, 0.2) is 72.9 Å². The zero-order valence-electron chi connectivity index (χ0n) is 22.5. The number of aromatic nitrogens is 1. The molecule has 2 saturated heterocycles. The summed E-state index contributed by atoms with van der Waals surface area (Å²) in [5.41, 5.74) is 3.19. The first-order chi connectivity index (χ1) is 18.2. The molecule has 8 nitrogen and oxygen atoms in total. The smallest absolute Gasteiger partial charge is 0.445 e. The van der Waals surface area contributed by atoms with Crippen LogP contribution in [0.5, 0.6) is 0 Å². The molecule has 0 atom stereocenters. The van der Waals surface area contributed by atoms with Crippen molar-refractivity contribution in [1.29, 1.82) is 0 Å². The Labute approximate surface area is 225 Å². The molecule has 0 spiro atoms. The van der Waals surface area contributed by atoms with Crippen LogP contribution in [0.3, 0.4) is 0 Å². The van der Waals surface area contributed by atoms with Crippen LogP contribution < -0.4 is 15.7 Å². The lowest BCUT2D eigenvalue weighted by molar-refractivity contribution is 0.00578. The number of nitrogens with one attached hydrogen (secondary N) is 1. The summed E-state index contributed by atoms with van der Waals surface area (Å²) in [5.74, 6) is 0.729. The second-order valence-corrected chi connectivity index (χ2v) is 10.7. The number of benzene rings is 2. The molecule has 0 radical (unpaired) electrons. The van der Waals surface area contributed by atoms with E-state index in [1.54, 1.807) is 11.1 Å². The third-order valence-corrected chi connectivity index (χ3v) is 7.56. The van der Waals surface area contributed by atoms with E-state index in [1.807, 2.05) is 82.3 Å². The fraction of sp³-hybridized carbons (Fsp3) is 0.379. The van der Waals surface area contributed by atoms with Crippen LogP contribution in [0.2, 0.25) is 0 Å². The standard InChI is InChI=1S/C29H35BN4O4/c1-28(2)29(3,4)38-30(37-28)23-14-15-31-26(20-23)32-24-10-12-25(13-11-24)33-16-18-34(19-17-33)27(35)36-21-22-8-6-5-7-9-22/h5-15,20H,16-19,21H2,1-4H3,(H,31,32). The fourth-order valence-corrected chi connectivity index (χ4v) is 4.50. The van der Waals surface area contributed by atoms with Gasteiger partial charge in [0.05, 0.1) is 11.2 Å². The van der Waals surface area contributed by atoms with E-state index in [2.05, 4.69) is 27.3 Å². The molecule has 5 rings (SSSR count). The van der Waals surface area contributed by atoms with Crippen molar-refractivity contribution in [1.82, 2.24) is 9.88 Å². The molecule has 0 aliphatic carbocycles. The van der Waals surface area contributed by atoms with E-state index < -0.39 is 18.3 Å². The van der Waals surface area contributed by atoms with Gasteiger partial charge in [-0.15, -0.1) is 0 Å². The number of carbonyl (C=O) groups is 1. The summed E-state index contributed by atoms with van der Waals surface area (Å²) in [7, 11) is -0.430. The quantitative estimate of drug-likeness (QED) is 0.483. The van der Waals surface area contributed by atoms with E-state index >= 15 is 0 Å². The topological polar surface area (TPSA) is 76.2 Å². The van der Waals surface area contributed by atoms with Crippen molar-refractivity contribution in [2.24, 2.45) is 0 Å². The summed E-state index contributed by atoms with van der Waals surface area (Å²) in [5, 5.41) is 3.38. The van der Waals surface area contributed by atoms with Crippen LogP contribution in [0, 0.1) is 0 Å². The highest BCUT2D eigenvalue weighted by molar-refractivity contribution is 6.62. The van der Waals surface area contributed by atoms with Gasteiger partial charge in [0.1, 0.15) is 12.4 Å². The third kappa shape index (κ3) is 5.79. The molecule has 0 saturated carbocycles. The van der Waals surface area contributed by atoms with Crippen molar-refractivity contribution < 1.29 is 18.8 Å². The Morgan fingerprint density at radius 1 is 0.947 bits per heavy atom. The maximum Gasteiger partial charge on any atom is 0.495 e. The molecule has 0 bridgehead atoms. The van der Waals surface area contributed by atoms with Crippen molar-refractivity contribution in [2.75, 3.05) is 36.4 Å². The molecular weight excluding hydrogens is 479 g/mol. The molecule has 2 aromatic carbocycles. The van der Waals surface area contributed by atoms with E-state index in [-0.39, 0.29) is 6.09 Å². The normalized spacial score (nSPS) is 18.4. The van der Waals surface area contributed by atoms with Crippen molar-refractivity contribution in [2.45, 2.75) is 45.5 Å². The maximum atomic E-state index is 12.5. The van der Waals surface area contributed by atoms with Crippen molar-refractivity contribution in [3.05, 3.63) is 78.5 Å². The van der Waals surface area contributed by atoms with Crippen molar-refractivity contribution in [3.8, 4) is 0 Å². The summed E-state index contributed by atoms with van der Waals surface area (Å²) >= 11 is 0. The van der Waals surface area contributed by atoms with Gasteiger partial charge in [0.2, 0.25) is 0 Å². The minimum Gasteiger partial charge on any atom is -0.445 e. The van der Waals surface area contributed by atoms with Gasteiger partial charge >= 0.3 is 13.2 Å². The highest BCUT2D eigenvalue weighted by atomic mass is 16.7. The second kappa shape index (κ2) is 10.7. The Morgan fingerprint density at radius 2 is 1.61 bits per heavy atom. The van der Waals surface area contributed by atoms with Gasteiger partial charge in [0.25, 0.3) is 0 Å². The van der Waals surface area contributed by atoms with Gasteiger partial charge < -0.3 is 29.2 Å². The van der Waals surface area contributed by atoms with Gasteiger partial charge in [0, 0.05) is 43.8 Å². The Bertz CT molecular complexity index is 1230. The fourth-order valence-electron chi connectivity index (χ4n) is 4.50. The molecule has 3 aromatic rings. The molecule has 2 aliphatic heterocycles. The second-order valence-electron chi connectivity index (χ2n) is 10.7.